The highest BCUT2D eigenvalue weighted by atomic mass is 16.2. The molecule has 3 aromatic rings. The van der Waals surface area contributed by atoms with Crippen LogP contribution in [0.4, 0.5) is 0 Å². The van der Waals surface area contributed by atoms with Crippen LogP contribution in [0.3, 0.4) is 0 Å². The van der Waals surface area contributed by atoms with Crippen molar-refractivity contribution in [3.05, 3.63) is 69.9 Å². The second-order valence-corrected chi connectivity index (χ2v) is 6.33. The molecule has 0 saturated heterocycles. The van der Waals surface area contributed by atoms with E-state index in [0.29, 0.717) is 16.3 Å². The van der Waals surface area contributed by atoms with Crippen molar-refractivity contribution in [2.75, 3.05) is 0 Å². The Kier molecular flexibility index (Phi) is 4.98. The second-order valence-electron chi connectivity index (χ2n) is 6.33. The lowest BCUT2D eigenvalue weighted by molar-refractivity contribution is 0.0843. The van der Waals surface area contributed by atoms with Crippen LogP contribution in [0.25, 0.3) is 10.8 Å². The van der Waals surface area contributed by atoms with Crippen LogP contribution in [0.2, 0.25) is 0 Å². The Morgan fingerprint density at radius 1 is 1.00 bits per heavy atom. The average molecular weight is 365 g/mol. The first-order valence-electron chi connectivity index (χ1n) is 8.43. The summed E-state index contributed by atoms with van der Waals surface area (Å²) >= 11 is 0. The van der Waals surface area contributed by atoms with E-state index in [1.165, 1.54) is 10.9 Å². The van der Waals surface area contributed by atoms with Gasteiger partial charge in [-0.25, -0.2) is 4.68 Å². The van der Waals surface area contributed by atoms with Crippen LogP contribution >= 0.6 is 0 Å². The van der Waals surface area contributed by atoms with Crippen LogP contribution < -0.4 is 16.4 Å². The zero-order valence-electron chi connectivity index (χ0n) is 15.2. The van der Waals surface area contributed by atoms with Crippen LogP contribution in [-0.4, -0.2) is 26.6 Å². The van der Waals surface area contributed by atoms with Crippen LogP contribution in [0.1, 0.15) is 46.4 Å². The molecule has 2 amide bonds. The first-order chi connectivity index (χ1) is 12.9. The molecule has 0 unspecified atom stereocenters. The minimum absolute atomic E-state index is 0.0567. The van der Waals surface area contributed by atoms with E-state index in [-0.39, 0.29) is 17.3 Å². The van der Waals surface area contributed by atoms with Crippen molar-refractivity contribution in [3.63, 3.8) is 0 Å². The van der Waals surface area contributed by atoms with Gasteiger partial charge in [-0.15, -0.1) is 0 Å². The van der Waals surface area contributed by atoms with Gasteiger partial charge in [-0.2, -0.15) is 5.10 Å². The summed E-state index contributed by atoms with van der Waals surface area (Å²) in [4.78, 5) is 41.3. The van der Waals surface area contributed by atoms with E-state index in [0.717, 1.165) is 5.69 Å². The number of carbonyl (C=O) groups is 2. The lowest BCUT2D eigenvalue weighted by atomic mass is 10.1. The number of benzene rings is 1. The average Bonchev–Trinajstić information content (AvgIpc) is 2.66. The van der Waals surface area contributed by atoms with Crippen LogP contribution in [0.15, 0.2) is 47.4 Å². The molecule has 1 aromatic carbocycles. The number of aromatic nitrogens is 3. The minimum atomic E-state index is -0.617. The van der Waals surface area contributed by atoms with Crippen molar-refractivity contribution in [1.29, 1.82) is 0 Å². The normalized spacial score (nSPS) is 10.8. The molecular weight excluding hydrogens is 346 g/mol. The summed E-state index contributed by atoms with van der Waals surface area (Å²) in [6.45, 7) is 5.41. The zero-order chi connectivity index (χ0) is 19.6. The van der Waals surface area contributed by atoms with Gasteiger partial charge in [0.05, 0.1) is 17.0 Å². The molecule has 0 spiro atoms. The number of amides is 2. The lowest BCUT2D eigenvalue weighted by Gasteiger charge is -2.13. The maximum absolute atomic E-state index is 12.6. The Labute approximate surface area is 155 Å². The van der Waals surface area contributed by atoms with E-state index in [9.17, 15) is 14.4 Å². The summed E-state index contributed by atoms with van der Waals surface area (Å²) < 4.78 is 1.25. The van der Waals surface area contributed by atoms with Crippen molar-refractivity contribution in [1.82, 2.24) is 25.6 Å². The highest BCUT2D eigenvalue weighted by Gasteiger charge is 2.18. The third-order valence-corrected chi connectivity index (χ3v) is 4.00. The van der Waals surface area contributed by atoms with E-state index in [2.05, 4.69) is 20.9 Å². The van der Waals surface area contributed by atoms with E-state index < -0.39 is 11.8 Å². The number of hydrazine groups is 1. The van der Waals surface area contributed by atoms with Gasteiger partial charge < -0.3 is 0 Å². The molecular formula is C19H19N5O3. The maximum Gasteiger partial charge on any atom is 0.290 e. The molecule has 0 aliphatic rings. The molecule has 27 heavy (non-hydrogen) atoms. The quantitative estimate of drug-likeness (QED) is 0.688. The second kappa shape index (κ2) is 7.36. The van der Waals surface area contributed by atoms with E-state index in [1.54, 1.807) is 50.2 Å². The number of hydrogen-bond donors (Lipinski definition) is 2. The molecule has 2 heterocycles. The molecule has 0 bridgehead atoms. The summed E-state index contributed by atoms with van der Waals surface area (Å²) in [6, 6.07) is 9.82. The number of nitrogens with zero attached hydrogens (tertiary/aromatic N) is 3. The molecule has 0 radical (unpaired) electrons. The topological polar surface area (TPSA) is 106 Å². The molecule has 0 saturated carbocycles. The van der Waals surface area contributed by atoms with Crippen molar-refractivity contribution in [2.45, 2.75) is 26.8 Å². The lowest BCUT2D eigenvalue weighted by Crippen LogP contribution is -2.43. The molecule has 0 atom stereocenters. The molecule has 8 heteroatoms. The fraction of sp³-hybridized carbons (Fsp3) is 0.211. The van der Waals surface area contributed by atoms with Gasteiger partial charge in [0.15, 0.2) is 5.69 Å². The van der Waals surface area contributed by atoms with Crippen molar-refractivity contribution in [2.24, 2.45) is 0 Å². The fourth-order valence-electron chi connectivity index (χ4n) is 2.57. The fourth-order valence-corrected chi connectivity index (χ4v) is 2.57. The van der Waals surface area contributed by atoms with E-state index in [4.69, 9.17) is 0 Å². The monoisotopic (exact) mass is 365 g/mol. The third kappa shape index (κ3) is 3.69. The van der Waals surface area contributed by atoms with Gasteiger partial charge in [0.2, 0.25) is 0 Å². The van der Waals surface area contributed by atoms with Crippen LogP contribution in [0, 0.1) is 6.92 Å². The molecule has 8 nitrogen and oxygen atoms in total. The van der Waals surface area contributed by atoms with E-state index in [1.807, 2.05) is 6.92 Å². The Morgan fingerprint density at radius 2 is 1.67 bits per heavy atom. The molecule has 2 N–H and O–H groups in total. The number of nitrogens with one attached hydrogen (secondary N) is 2. The van der Waals surface area contributed by atoms with Gasteiger partial charge in [-0.1, -0.05) is 18.2 Å². The first-order valence-corrected chi connectivity index (χ1v) is 8.43. The molecule has 138 valence electrons. The zero-order valence-corrected chi connectivity index (χ0v) is 15.2. The number of hydrogen-bond acceptors (Lipinski definition) is 5. The van der Waals surface area contributed by atoms with E-state index >= 15 is 0 Å². The van der Waals surface area contributed by atoms with Crippen LogP contribution in [-0.2, 0) is 0 Å². The standard InChI is InChI=1S/C19H19N5O3/c1-11(2)24-19(27)15-7-5-4-6-14(15)16(23-24)18(26)22-21-17(25)13-9-8-12(3)20-10-13/h4-11H,1-3H3,(H,21,25)(H,22,26). The number of pyridine rings is 1. The Bertz CT molecular complexity index is 1070. The summed E-state index contributed by atoms with van der Waals surface area (Å²) in [5.74, 6) is -1.12. The Morgan fingerprint density at radius 3 is 2.30 bits per heavy atom. The highest BCUT2D eigenvalue weighted by molar-refractivity contribution is 6.06. The Hall–Kier alpha value is -3.55. The SMILES string of the molecule is Cc1ccc(C(=O)NNC(=O)c2nn(C(C)C)c(=O)c3ccccc23)cn1. The van der Waals surface area contributed by atoms with Gasteiger partial charge in [0.25, 0.3) is 17.4 Å². The van der Waals surface area contributed by atoms with Crippen molar-refractivity contribution in [3.8, 4) is 0 Å². The van der Waals surface area contributed by atoms with Crippen molar-refractivity contribution < 1.29 is 9.59 Å². The summed E-state index contributed by atoms with van der Waals surface area (Å²) in [5, 5.41) is 5.00. The maximum atomic E-state index is 12.6. The number of rotatable bonds is 3. The smallest absolute Gasteiger partial charge is 0.267 e. The summed E-state index contributed by atoms with van der Waals surface area (Å²) in [7, 11) is 0. The predicted octanol–water partition coefficient (Wildman–Crippen LogP) is 1.76. The molecule has 3 rings (SSSR count). The number of carbonyl (C=O) groups excluding carboxylic acids is 2. The van der Waals surface area contributed by atoms with Gasteiger partial charge in [0.1, 0.15) is 0 Å². The van der Waals surface area contributed by atoms with Crippen molar-refractivity contribution >= 4 is 22.6 Å². The minimum Gasteiger partial charge on any atom is -0.267 e. The van der Waals surface area contributed by atoms with Gasteiger partial charge >= 0.3 is 0 Å². The third-order valence-electron chi connectivity index (χ3n) is 4.00. The predicted molar refractivity (Wildman–Crippen MR) is 100 cm³/mol. The van der Waals surface area contributed by atoms with Crippen LogP contribution in [0.5, 0.6) is 0 Å². The Balaban J connectivity index is 1.89. The van der Waals surface area contributed by atoms with Gasteiger partial charge in [-0.05, 0) is 39.0 Å². The number of aryl methyl sites for hydroxylation is 1. The first kappa shape index (κ1) is 18.2. The molecule has 0 fully saturated rings. The largest absolute Gasteiger partial charge is 0.290 e. The summed E-state index contributed by atoms with van der Waals surface area (Å²) in [5.41, 5.74) is 5.56. The van der Waals surface area contributed by atoms with Gasteiger partial charge in [-0.3, -0.25) is 30.2 Å². The van der Waals surface area contributed by atoms with Gasteiger partial charge in [0, 0.05) is 17.3 Å². The molecule has 0 aliphatic carbocycles. The molecule has 0 aliphatic heterocycles. The molecule has 2 aromatic heterocycles. The highest BCUT2D eigenvalue weighted by Crippen LogP contribution is 2.14. The number of fused-ring (bicyclic) bond motifs is 1. The summed E-state index contributed by atoms with van der Waals surface area (Å²) in [6.07, 6.45) is 1.42.